The van der Waals surface area contributed by atoms with Crippen LogP contribution in [0.3, 0.4) is 0 Å². The lowest BCUT2D eigenvalue weighted by molar-refractivity contribution is -0.144. The molecule has 1 aliphatic heterocycles. The lowest BCUT2D eigenvalue weighted by Gasteiger charge is -2.28. The highest BCUT2D eigenvalue weighted by molar-refractivity contribution is 5.96. The summed E-state index contributed by atoms with van der Waals surface area (Å²) in [5, 5.41) is 22.2. The standard InChI is InChI=1S/C16H26N6O8/c17-7(4-11(18)24)15(28)22-3-1-2-10(22)14(27)20-8(5-12(19)25)13(26)21-9(6-23)16(29)30/h7-10,23H,1-6,17H2,(H2,18,24)(H2,19,25)(H,20,27)(H,21,26)(H,29,30). The number of nitrogens with zero attached hydrogens (tertiary/aromatic N) is 1. The molecule has 14 nitrogen and oxygen atoms in total. The zero-order chi connectivity index (χ0) is 23.0. The van der Waals surface area contributed by atoms with Gasteiger partial charge in [0, 0.05) is 6.54 Å². The maximum atomic E-state index is 12.7. The Morgan fingerprint density at radius 3 is 2.10 bits per heavy atom. The monoisotopic (exact) mass is 430 g/mol. The molecule has 0 bridgehead atoms. The molecular formula is C16H26N6O8. The Bertz CT molecular complexity index is 714. The lowest BCUT2D eigenvalue weighted by atomic mass is 10.1. The molecule has 1 saturated heterocycles. The third-order valence-electron chi connectivity index (χ3n) is 4.41. The maximum Gasteiger partial charge on any atom is 0.328 e. The van der Waals surface area contributed by atoms with Gasteiger partial charge in [-0.2, -0.15) is 0 Å². The molecule has 0 aromatic carbocycles. The molecule has 30 heavy (non-hydrogen) atoms. The van der Waals surface area contributed by atoms with Gasteiger partial charge in [-0.15, -0.1) is 0 Å². The minimum Gasteiger partial charge on any atom is -0.480 e. The van der Waals surface area contributed by atoms with Gasteiger partial charge < -0.3 is 42.9 Å². The van der Waals surface area contributed by atoms with Crippen molar-refractivity contribution in [1.29, 1.82) is 0 Å². The van der Waals surface area contributed by atoms with Crippen LogP contribution in [0.2, 0.25) is 0 Å². The number of nitrogens with one attached hydrogen (secondary N) is 2. The number of carboxylic acids is 1. The van der Waals surface area contributed by atoms with Gasteiger partial charge in [0.25, 0.3) is 0 Å². The van der Waals surface area contributed by atoms with Crippen molar-refractivity contribution in [2.45, 2.75) is 49.9 Å². The highest BCUT2D eigenvalue weighted by atomic mass is 16.4. The number of hydrogen-bond donors (Lipinski definition) is 7. The molecule has 0 aliphatic carbocycles. The number of rotatable bonds is 11. The SMILES string of the molecule is NC(=O)CC(N)C(=O)N1CCCC1C(=O)NC(CC(N)=O)C(=O)NC(CO)C(=O)O. The van der Waals surface area contributed by atoms with E-state index in [4.69, 9.17) is 27.4 Å². The summed E-state index contributed by atoms with van der Waals surface area (Å²) >= 11 is 0. The van der Waals surface area contributed by atoms with Crippen molar-refractivity contribution in [1.82, 2.24) is 15.5 Å². The van der Waals surface area contributed by atoms with Crippen LogP contribution in [0.15, 0.2) is 0 Å². The number of carbonyl (C=O) groups is 6. The van der Waals surface area contributed by atoms with E-state index in [0.717, 1.165) is 4.90 Å². The number of aliphatic carboxylic acids is 1. The fraction of sp³-hybridized carbons (Fsp3) is 0.625. The molecule has 4 unspecified atom stereocenters. The maximum absolute atomic E-state index is 12.7. The first kappa shape index (κ1) is 24.8. The molecular weight excluding hydrogens is 404 g/mol. The topological polar surface area (TPSA) is 248 Å². The Balaban J connectivity index is 2.90. The second-order valence-corrected chi connectivity index (χ2v) is 6.78. The van der Waals surface area contributed by atoms with Crippen LogP contribution in [0.4, 0.5) is 0 Å². The van der Waals surface area contributed by atoms with Crippen molar-refractivity contribution in [3.63, 3.8) is 0 Å². The molecule has 14 heteroatoms. The Kier molecular flexibility index (Phi) is 9.14. The van der Waals surface area contributed by atoms with Gasteiger partial charge in [-0.05, 0) is 12.8 Å². The van der Waals surface area contributed by atoms with Crippen LogP contribution in [-0.4, -0.2) is 87.9 Å². The van der Waals surface area contributed by atoms with E-state index in [9.17, 15) is 28.8 Å². The van der Waals surface area contributed by atoms with E-state index in [1.165, 1.54) is 0 Å². The fourth-order valence-electron chi connectivity index (χ4n) is 2.96. The molecule has 1 rings (SSSR count). The van der Waals surface area contributed by atoms with Crippen LogP contribution in [-0.2, 0) is 28.8 Å². The second-order valence-electron chi connectivity index (χ2n) is 6.78. The summed E-state index contributed by atoms with van der Waals surface area (Å²) in [5.74, 6) is -5.77. The van der Waals surface area contributed by atoms with Crippen molar-refractivity contribution in [3.05, 3.63) is 0 Å². The fourth-order valence-corrected chi connectivity index (χ4v) is 2.96. The molecule has 0 spiro atoms. The normalized spacial score (nSPS) is 18.7. The van der Waals surface area contributed by atoms with E-state index >= 15 is 0 Å². The van der Waals surface area contributed by atoms with E-state index in [2.05, 4.69) is 5.32 Å². The largest absolute Gasteiger partial charge is 0.480 e. The summed E-state index contributed by atoms with van der Waals surface area (Å²) in [7, 11) is 0. The molecule has 168 valence electrons. The van der Waals surface area contributed by atoms with Gasteiger partial charge in [0.15, 0.2) is 0 Å². The molecule has 10 N–H and O–H groups in total. The highest BCUT2D eigenvalue weighted by Gasteiger charge is 2.38. The number of primary amides is 2. The van der Waals surface area contributed by atoms with Gasteiger partial charge in [0.1, 0.15) is 18.1 Å². The minimum absolute atomic E-state index is 0.182. The number of hydrogen-bond acceptors (Lipinski definition) is 8. The van der Waals surface area contributed by atoms with Crippen LogP contribution in [0.5, 0.6) is 0 Å². The average Bonchev–Trinajstić information content (AvgIpc) is 3.13. The Morgan fingerprint density at radius 2 is 1.60 bits per heavy atom. The highest BCUT2D eigenvalue weighted by Crippen LogP contribution is 2.19. The molecule has 4 atom stereocenters. The van der Waals surface area contributed by atoms with Crippen LogP contribution in [0.25, 0.3) is 0 Å². The third-order valence-corrected chi connectivity index (χ3v) is 4.41. The lowest BCUT2D eigenvalue weighted by Crippen LogP contribution is -2.57. The first-order chi connectivity index (χ1) is 14.0. The molecule has 1 fully saturated rings. The summed E-state index contributed by atoms with van der Waals surface area (Å²) in [6.45, 7) is -0.733. The molecule has 1 heterocycles. The molecule has 0 aromatic rings. The molecule has 0 saturated carbocycles. The molecule has 5 amide bonds. The first-order valence-electron chi connectivity index (χ1n) is 9.05. The molecule has 0 radical (unpaired) electrons. The smallest absolute Gasteiger partial charge is 0.328 e. The summed E-state index contributed by atoms with van der Waals surface area (Å²) in [4.78, 5) is 71.7. The number of aliphatic hydroxyl groups excluding tert-OH is 1. The Morgan fingerprint density at radius 1 is 1.00 bits per heavy atom. The van der Waals surface area contributed by atoms with Gasteiger partial charge >= 0.3 is 5.97 Å². The number of nitrogens with two attached hydrogens (primary N) is 3. The van der Waals surface area contributed by atoms with Crippen LogP contribution >= 0.6 is 0 Å². The van der Waals surface area contributed by atoms with Crippen molar-refractivity contribution < 1.29 is 39.0 Å². The van der Waals surface area contributed by atoms with Crippen LogP contribution < -0.4 is 27.8 Å². The third kappa shape index (κ3) is 6.97. The average molecular weight is 430 g/mol. The van der Waals surface area contributed by atoms with Crippen LogP contribution in [0.1, 0.15) is 25.7 Å². The first-order valence-corrected chi connectivity index (χ1v) is 9.05. The summed E-state index contributed by atoms with van der Waals surface area (Å²) in [6, 6.07) is -5.43. The predicted octanol–water partition coefficient (Wildman–Crippen LogP) is -4.90. The Hall–Kier alpha value is -3.26. The van der Waals surface area contributed by atoms with Gasteiger partial charge in [-0.1, -0.05) is 0 Å². The summed E-state index contributed by atoms with van der Waals surface area (Å²) in [5.41, 5.74) is 15.8. The van der Waals surface area contributed by atoms with E-state index in [1.807, 2.05) is 5.32 Å². The van der Waals surface area contributed by atoms with Gasteiger partial charge in [0.2, 0.25) is 29.5 Å². The van der Waals surface area contributed by atoms with Crippen LogP contribution in [0, 0.1) is 0 Å². The van der Waals surface area contributed by atoms with Crippen molar-refractivity contribution in [3.8, 4) is 0 Å². The summed E-state index contributed by atoms with van der Waals surface area (Å²) in [6.07, 6.45) is -0.364. The molecule has 1 aliphatic rings. The number of likely N-dealkylation sites (tertiary alicyclic amines) is 1. The van der Waals surface area contributed by atoms with Crippen molar-refractivity contribution in [2.24, 2.45) is 17.2 Å². The van der Waals surface area contributed by atoms with E-state index < -0.39 is 79.1 Å². The summed E-state index contributed by atoms with van der Waals surface area (Å²) < 4.78 is 0. The minimum atomic E-state index is -1.65. The zero-order valence-electron chi connectivity index (χ0n) is 16.1. The van der Waals surface area contributed by atoms with E-state index in [1.54, 1.807) is 0 Å². The van der Waals surface area contributed by atoms with E-state index in [-0.39, 0.29) is 13.0 Å². The van der Waals surface area contributed by atoms with Gasteiger partial charge in [0.05, 0.1) is 25.5 Å². The van der Waals surface area contributed by atoms with Gasteiger partial charge in [-0.3, -0.25) is 24.0 Å². The van der Waals surface area contributed by atoms with Crippen molar-refractivity contribution >= 4 is 35.5 Å². The number of carbonyl (C=O) groups excluding carboxylic acids is 5. The number of aliphatic hydroxyl groups is 1. The van der Waals surface area contributed by atoms with E-state index in [0.29, 0.717) is 6.42 Å². The number of carboxylic acid groups (broad SMARTS) is 1. The molecule has 0 aromatic heterocycles. The zero-order valence-corrected chi connectivity index (χ0v) is 16.1. The number of amides is 5. The quantitative estimate of drug-likeness (QED) is 0.166. The predicted molar refractivity (Wildman–Crippen MR) is 98.9 cm³/mol. The van der Waals surface area contributed by atoms with Crippen molar-refractivity contribution in [2.75, 3.05) is 13.2 Å². The second kappa shape index (κ2) is 11.1. The van der Waals surface area contributed by atoms with Gasteiger partial charge in [-0.25, -0.2) is 4.79 Å². The Labute approximate surface area is 171 Å².